The van der Waals surface area contributed by atoms with Gasteiger partial charge in [-0.2, -0.15) is 0 Å². The van der Waals surface area contributed by atoms with Gasteiger partial charge in [0.05, 0.1) is 0 Å². The molecule has 0 radical (unpaired) electrons. The van der Waals surface area contributed by atoms with Crippen molar-refractivity contribution in [3.63, 3.8) is 0 Å². The van der Waals surface area contributed by atoms with Crippen LogP contribution in [0.4, 0.5) is 0 Å². The van der Waals surface area contributed by atoms with E-state index in [1.807, 2.05) is 20.8 Å². The normalized spacial score (nSPS) is 24.5. The first-order valence-corrected chi connectivity index (χ1v) is 5.72. The van der Waals surface area contributed by atoms with Crippen LogP contribution >= 0.6 is 0 Å². The van der Waals surface area contributed by atoms with Crippen molar-refractivity contribution in [2.45, 2.75) is 46.5 Å². The zero-order chi connectivity index (χ0) is 10.4. The van der Waals surface area contributed by atoms with E-state index in [2.05, 4.69) is 5.32 Å². The fourth-order valence-electron chi connectivity index (χ4n) is 2.11. The monoisotopic (exact) mass is 195 g/mol. The van der Waals surface area contributed by atoms with Crippen molar-refractivity contribution in [3.05, 3.63) is 0 Å². The summed E-state index contributed by atoms with van der Waals surface area (Å²) in [6.07, 6.45) is 5.46. The Bertz CT molecular complexity index is 244. The maximum Gasteiger partial charge on any atom is 0.225 e. The Balaban J connectivity index is 1.80. The molecule has 2 fully saturated rings. The summed E-state index contributed by atoms with van der Waals surface area (Å²) >= 11 is 0. The van der Waals surface area contributed by atoms with E-state index in [9.17, 15) is 4.79 Å². The number of hydrogen-bond donors (Lipinski definition) is 1. The summed E-state index contributed by atoms with van der Waals surface area (Å²) in [4.78, 5) is 11.7. The van der Waals surface area contributed by atoms with Crippen molar-refractivity contribution in [2.24, 2.45) is 16.7 Å². The molecular weight excluding hydrogens is 174 g/mol. The average Bonchev–Trinajstić information content (AvgIpc) is 2.89. The molecule has 2 rings (SSSR count). The Kier molecular flexibility index (Phi) is 2.13. The zero-order valence-corrected chi connectivity index (χ0v) is 9.52. The molecular formula is C12H21NO. The largest absolute Gasteiger partial charge is 0.355 e. The van der Waals surface area contributed by atoms with E-state index in [4.69, 9.17) is 0 Å². The topological polar surface area (TPSA) is 29.1 Å². The minimum absolute atomic E-state index is 0.199. The fourth-order valence-corrected chi connectivity index (χ4v) is 2.11. The molecule has 0 atom stereocenters. The Morgan fingerprint density at radius 3 is 2.29 bits per heavy atom. The maximum atomic E-state index is 11.7. The molecule has 0 heterocycles. The molecule has 14 heavy (non-hydrogen) atoms. The molecule has 80 valence electrons. The summed E-state index contributed by atoms with van der Waals surface area (Å²) < 4.78 is 0. The zero-order valence-electron chi connectivity index (χ0n) is 9.52. The summed E-state index contributed by atoms with van der Waals surface area (Å²) in [6.45, 7) is 6.84. The van der Waals surface area contributed by atoms with Gasteiger partial charge in [0.2, 0.25) is 5.91 Å². The lowest BCUT2D eigenvalue weighted by atomic mass is 9.94. The summed E-state index contributed by atoms with van der Waals surface area (Å²) in [5, 5.41) is 3.11. The molecule has 1 amide bonds. The highest BCUT2D eigenvalue weighted by molar-refractivity contribution is 5.81. The molecule has 2 aliphatic rings. The van der Waals surface area contributed by atoms with Gasteiger partial charge in [0.1, 0.15) is 0 Å². The van der Waals surface area contributed by atoms with Crippen LogP contribution in [0.2, 0.25) is 0 Å². The molecule has 2 saturated carbocycles. The Labute approximate surface area is 86.5 Å². The first-order valence-electron chi connectivity index (χ1n) is 5.72. The standard InChI is InChI=1S/C12H21NO/c1-11(2,3)10(14)13-8-12(6-7-12)9-4-5-9/h9H,4-8H2,1-3H3,(H,13,14). The number of carbonyl (C=O) groups is 1. The first-order chi connectivity index (χ1) is 6.44. The van der Waals surface area contributed by atoms with E-state index >= 15 is 0 Å². The Morgan fingerprint density at radius 2 is 1.93 bits per heavy atom. The van der Waals surface area contributed by atoms with Crippen molar-refractivity contribution in [1.82, 2.24) is 5.32 Å². The van der Waals surface area contributed by atoms with Crippen LogP contribution in [-0.4, -0.2) is 12.5 Å². The molecule has 0 spiro atoms. The molecule has 0 aromatic heterocycles. The second kappa shape index (κ2) is 2.98. The lowest BCUT2D eigenvalue weighted by Gasteiger charge is -2.21. The second-order valence-electron chi connectivity index (χ2n) is 6.07. The van der Waals surface area contributed by atoms with Gasteiger partial charge in [-0.25, -0.2) is 0 Å². The molecule has 0 aromatic carbocycles. The minimum atomic E-state index is -0.236. The van der Waals surface area contributed by atoms with Crippen molar-refractivity contribution >= 4 is 5.91 Å². The number of nitrogens with one attached hydrogen (secondary N) is 1. The van der Waals surface area contributed by atoms with Crippen LogP contribution in [0.25, 0.3) is 0 Å². The Hall–Kier alpha value is -0.530. The smallest absolute Gasteiger partial charge is 0.225 e. The van der Waals surface area contributed by atoms with Gasteiger partial charge in [0, 0.05) is 12.0 Å². The van der Waals surface area contributed by atoms with Gasteiger partial charge < -0.3 is 5.32 Å². The summed E-state index contributed by atoms with van der Waals surface area (Å²) in [5.74, 6) is 1.13. The second-order valence-corrected chi connectivity index (χ2v) is 6.07. The van der Waals surface area contributed by atoms with Crippen molar-refractivity contribution < 1.29 is 4.79 Å². The first kappa shape index (κ1) is 10.0. The molecule has 1 N–H and O–H groups in total. The fraction of sp³-hybridized carbons (Fsp3) is 0.917. The van der Waals surface area contributed by atoms with E-state index in [-0.39, 0.29) is 11.3 Å². The molecule has 2 nitrogen and oxygen atoms in total. The Morgan fingerprint density at radius 1 is 1.36 bits per heavy atom. The lowest BCUT2D eigenvalue weighted by Crippen LogP contribution is -2.38. The van der Waals surface area contributed by atoms with E-state index in [0.29, 0.717) is 5.41 Å². The van der Waals surface area contributed by atoms with Crippen LogP contribution in [0.5, 0.6) is 0 Å². The van der Waals surface area contributed by atoms with Crippen LogP contribution in [-0.2, 0) is 4.79 Å². The number of rotatable bonds is 3. The summed E-state index contributed by atoms with van der Waals surface area (Å²) in [7, 11) is 0. The van der Waals surface area contributed by atoms with Crippen LogP contribution in [0.3, 0.4) is 0 Å². The molecule has 2 aliphatic carbocycles. The lowest BCUT2D eigenvalue weighted by molar-refractivity contribution is -0.128. The van der Waals surface area contributed by atoms with Crippen LogP contribution < -0.4 is 5.32 Å². The maximum absolute atomic E-state index is 11.7. The minimum Gasteiger partial charge on any atom is -0.355 e. The SMILES string of the molecule is CC(C)(C)C(=O)NCC1(C2CC2)CC1. The predicted molar refractivity (Wildman–Crippen MR) is 56.9 cm³/mol. The van der Waals surface area contributed by atoms with E-state index in [0.717, 1.165) is 12.5 Å². The van der Waals surface area contributed by atoms with E-state index in [1.165, 1.54) is 25.7 Å². The van der Waals surface area contributed by atoms with Gasteiger partial charge in [0.25, 0.3) is 0 Å². The summed E-state index contributed by atoms with van der Waals surface area (Å²) in [6, 6.07) is 0. The average molecular weight is 195 g/mol. The molecule has 0 aliphatic heterocycles. The molecule has 2 heteroatoms. The molecule has 0 aromatic rings. The third-order valence-corrected chi connectivity index (χ3v) is 3.62. The van der Waals surface area contributed by atoms with Crippen LogP contribution in [0, 0.1) is 16.7 Å². The summed E-state index contributed by atoms with van der Waals surface area (Å²) in [5.41, 5.74) is 0.292. The molecule has 0 unspecified atom stereocenters. The van der Waals surface area contributed by atoms with Crippen LogP contribution in [0.15, 0.2) is 0 Å². The predicted octanol–water partition coefficient (Wildman–Crippen LogP) is 2.34. The number of carbonyl (C=O) groups excluding carboxylic acids is 1. The highest BCUT2D eigenvalue weighted by atomic mass is 16.2. The van der Waals surface area contributed by atoms with Crippen molar-refractivity contribution in [2.75, 3.05) is 6.54 Å². The number of amides is 1. The highest BCUT2D eigenvalue weighted by Crippen LogP contribution is 2.60. The van der Waals surface area contributed by atoms with E-state index in [1.54, 1.807) is 0 Å². The van der Waals surface area contributed by atoms with Crippen molar-refractivity contribution in [3.8, 4) is 0 Å². The van der Waals surface area contributed by atoms with Gasteiger partial charge in [-0.1, -0.05) is 20.8 Å². The van der Waals surface area contributed by atoms with Gasteiger partial charge in [-0.15, -0.1) is 0 Å². The van der Waals surface area contributed by atoms with Gasteiger partial charge in [0.15, 0.2) is 0 Å². The van der Waals surface area contributed by atoms with Gasteiger partial charge >= 0.3 is 0 Å². The molecule has 0 saturated heterocycles. The third kappa shape index (κ3) is 1.94. The van der Waals surface area contributed by atoms with Gasteiger partial charge in [-0.3, -0.25) is 4.79 Å². The highest BCUT2D eigenvalue weighted by Gasteiger charge is 2.53. The molecule has 0 bridgehead atoms. The third-order valence-electron chi connectivity index (χ3n) is 3.62. The van der Waals surface area contributed by atoms with Crippen molar-refractivity contribution in [1.29, 1.82) is 0 Å². The van der Waals surface area contributed by atoms with Crippen LogP contribution in [0.1, 0.15) is 46.5 Å². The number of hydrogen-bond acceptors (Lipinski definition) is 1. The van der Waals surface area contributed by atoms with E-state index < -0.39 is 0 Å². The van der Waals surface area contributed by atoms with Gasteiger partial charge in [-0.05, 0) is 37.0 Å². The quantitative estimate of drug-likeness (QED) is 0.736.